The lowest BCUT2D eigenvalue weighted by Crippen LogP contribution is -2.53. The van der Waals surface area contributed by atoms with Gasteiger partial charge in [0.15, 0.2) is 0 Å². The van der Waals surface area contributed by atoms with E-state index >= 15 is 0 Å². The molecule has 1 saturated heterocycles. The van der Waals surface area contributed by atoms with Crippen LogP contribution in [0.4, 0.5) is 0 Å². The molecule has 1 aliphatic heterocycles. The number of pyridine rings is 1. The Morgan fingerprint density at radius 1 is 1.38 bits per heavy atom. The van der Waals surface area contributed by atoms with Crippen LogP contribution >= 0.6 is 0 Å². The molecule has 0 radical (unpaired) electrons. The van der Waals surface area contributed by atoms with Crippen molar-refractivity contribution in [2.45, 2.75) is 38.8 Å². The van der Waals surface area contributed by atoms with Gasteiger partial charge in [-0.3, -0.25) is 9.88 Å². The molecule has 0 amide bonds. The molecule has 0 unspecified atom stereocenters. The van der Waals surface area contributed by atoms with Gasteiger partial charge in [0, 0.05) is 44.0 Å². The number of aromatic nitrogens is 3. The van der Waals surface area contributed by atoms with Crippen molar-refractivity contribution >= 4 is 5.97 Å². The molecule has 0 bridgehead atoms. The van der Waals surface area contributed by atoms with Gasteiger partial charge < -0.3 is 14.8 Å². The molecular weight excluding hydrogens is 308 g/mol. The minimum absolute atomic E-state index is 0.427. The second-order valence-electron chi connectivity index (χ2n) is 6.25. The molecule has 0 aromatic carbocycles. The summed E-state index contributed by atoms with van der Waals surface area (Å²) in [4.78, 5) is 25.7. The summed E-state index contributed by atoms with van der Waals surface area (Å²) in [6.45, 7) is 5.71. The van der Waals surface area contributed by atoms with Crippen LogP contribution in [0, 0.1) is 13.8 Å². The van der Waals surface area contributed by atoms with E-state index in [-0.39, 0.29) is 0 Å². The van der Waals surface area contributed by atoms with Gasteiger partial charge in [0.2, 0.25) is 5.60 Å². The van der Waals surface area contributed by atoms with Crippen molar-refractivity contribution in [2.24, 2.45) is 0 Å². The Hall–Kier alpha value is -2.41. The van der Waals surface area contributed by atoms with Gasteiger partial charge in [-0.2, -0.15) is 0 Å². The summed E-state index contributed by atoms with van der Waals surface area (Å²) in [6, 6.07) is 3.64. The van der Waals surface area contributed by atoms with Gasteiger partial charge in [0.25, 0.3) is 0 Å². The molecule has 24 heavy (non-hydrogen) atoms. The van der Waals surface area contributed by atoms with E-state index in [1.54, 1.807) is 18.5 Å². The SMILES string of the molecule is Cc1ccc(OC2(C(=O)O)CCN(Cc3ncc[nH]3)CC2)c(C)n1. The second-order valence-corrected chi connectivity index (χ2v) is 6.25. The topological polar surface area (TPSA) is 91.3 Å². The summed E-state index contributed by atoms with van der Waals surface area (Å²) in [6.07, 6.45) is 4.36. The molecule has 0 spiro atoms. The second kappa shape index (κ2) is 6.60. The quantitative estimate of drug-likeness (QED) is 0.870. The van der Waals surface area contributed by atoms with Gasteiger partial charge in [-0.15, -0.1) is 0 Å². The number of aromatic amines is 1. The van der Waals surface area contributed by atoms with Crippen LogP contribution in [0.15, 0.2) is 24.5 Å². The number of carbonyl (C=O) groups is 1. The first-order chi connectivity index (χ1) is 11.5. The standard InChI is InChI=1S/C17H22N4O3/c1-12-3-4-14(13(2)20-12)24-17(16(22)23)5-9-21(10-6-17)11-15-18-7-8-19-15/h3-4,7-8H,5-6,9-11H2,1-2H3,(H,18,19)(H,22,23). The zero-order valence-corrected chi connectivity index (χ0v) is 14.0. The van der Waals surface area contributed by atoms with Crippen LogP contribution in [0.2, 0.25) is 0 Å². The van der Waals surface area contributed by atoms with E-state index in [4.69, 9.17) is 4.74 Å². The number of likely N-dealkylation sites (tertiary alicyclic amines) is 1. The maximum atomic E-state index is 11.9. The van der Waals surface area contributed by atoms with Crippen LogP contribution in [0.1, 0.15) is 30.1 Å². The lowest BCUT2D eigenvalue weighted by Gasteiger charge is -2.38. The largest absolute Gasteiger partial charge is 0.478 e. The van der Waals surface area contributed by atoms with Crippen molar-refractivity contribution in [3.05, 3.63) is 41.7 Å². The predicted octanol–water partition coefficient (Wildman–Crippen LogP) is 1.92. The number of imidazole rings is 1. The van der Waals surface area contributed by atoms with E-state index in [1.165, 1.54) is 0 Å². The molecule has 7 nitrogen and oxygen atoms in total. The lowest BCUT2D eigenvalue weighted by atomic mass is 9.91. The van der Waals surface area contributed by atoms with E-state index in [1.807, 2.05) is 19.9 Å². The summed E-state index contributed by atoms with van der Waals surface area (Å²) in [5.41, 5.74) is 0.410. The van der Waals surface area contributed by atoms with Crippen molar-refractivity contribution in [3.63, 3.8) is 0 Å². The Kier molecular flexibility index (Phi) is 4.53. The fourth-order valence-corrected chi connectivity index (χ4v) is 3.02. The number of piperidine rings is 1. The van der Waals surface area contributed by atoms with E-state index in [0.29, 0.717) is 43.9 Å². The maximum absolute atomic E-state index is 11.9. The number of hydrogen-bond acceptors (Lipinski definition) is 5. The zero-order chi connectivity index (χ0) is 17.2. The third kappa shape index (κ3) is 3.41. The van der Waals surface area contributed by atoms with Crippen molar-refractivity contribution in [1.29, 1.82) is 0 Å². The summed E-state index contributed by atoms with van der Waals surface area (Å²) in [5, 5.41) is 9.76. The molecule has 1 fully saturated rings. The Labute approximate surface area is 140 Å². The van der Waals surface area contributed by atoms with Crippen molar-refractivity contribution in [3.8, 4) is 5.75 Å². The summed E-state index contributed by atoms with van der Waals surface area (Å²) >= 11 is 0. The van der Waals surface area contributed by atoms with Gasteiger partial charge in [0.05, 0.1) is 12.2 Å². The first kappa shape index (κ1) is 16.4. The summed E-state index contributed by atoms with van der Waals surface area (Å²) < 4.78 is 5.96. The molecule has 0 aliphatic carbocycles. The van der Waals surface area contributed by atoms with Crippen molar-refractivity contribution < 1.29 is 14.6 Å². The molecular formula is C17H22N4O3. The highest BCUT2D eigenvalue weighted by Crippen LogP contribution is 2.31. The lowest BCUT2D eigenvalue weighted by molar-refractivity contribution is -0.160. The molecule has 2 aromatic heterocycles. The van der Waals surface area contributed by atoms with Crippen molar-refractivity contribution in [1.82, 2.24) is 19.9 Å². The van der Waals surface area contributed by atoms with Crippen LogP contribution in [-0.4, -0.2) is 49.6 Å². The van der Waals surface area contributed by atoms with E-state index in [0.717, 1.165) is 11.5 Å². The van der Waals surface area contributed by atoms with Crippen LogP contribution in [0.25, 0.3) is 0 Å². The molecule has 7 heteroatoms. The number of nitrogens with zero attached hydrogens (tertiary/aromatic N) is 3. The fraction of sp³-hybridized carbons (Fsp3) is 0.471. The minimum Gasteiger partial charge on any atom is -0.478 e. The molecule has 3 rings (SSSR count). The average molecular weight is 330 g/mol. The van der Waals surface area contributed by atoms with E-state index in [2.05, 4.69) is 19.9 Å². The predicted molar refractivity (Wildman–Crippen MR) is 87.8 cm³/mol. The van der Waals surface area contributed by atoms with Crippen LogP contribution in [-0.2, 0) is 11.3 Å². The zero-order valence-electron chi connectivity index (χ0n) is 14.0. The third-order valence-corrected chi connectivity index (χ3v) is 4.46. The van der Waals surface area contributed by atoms with E-state index in [9.17, 15) is 9.90 Å². The number of carboxylic acid groups (broad SMARTS) is 1. The first-order valence-electron chi connectivity index (χ1n) is 8.06. The Balaban J connectivity index is 1.70. The van der Waals surface area contributed by atoms with Crippen LogP contribution < -0.4 is 4.74 Å². The maximum Gasteiger partial charge on any atom is 0.348 e. The van der Waals surface area contributed by atoms with Crippen LogP contribution in [0.3, 0.4) is 0 Å². The smallest absolute Gasteiger partial charge is 0.348 e. The number of aryl methyl sites for hydroxylation is 2. The first-order valence-corrected chi connectivity index (χ1v) is 8.06. The van der Waals surface area contributed by atoms with Gasteiger partial charge in [-0.05, 0) is 26.0 Å². The molecule has 0 atom stereocenters. The Bertz CT molecular complexity index is 707. The summed E-state index contributed by atoms with van der Waals surface area (Å²) in [5.74, 6) is 0.514. The number of nitrogens with one attached hydrogen (secondary N) is 1. The minimum atomic E-state index is -1.19. The monoisotopic (exact) mass is 330 g/mol. The average Bonchev–Trinajstić information content (AvgIpc) is 3.05. The highest BCUT2D eigenvalue weighted by molar-refractivity contribution is 5.78. The molecule has 2 aromatic rings. The molecule has 2 N–H and O–H groups in total. The molecule has 1 aliphatic rings. The number of hydrogen-bond donors (Lipinski definition) is 2. The molecule has 0 saturated carbocycles. The molecule has 3 heterocycles. The number of aliphatic carboxylic acids is 1. The Morgan fingerprint density at radius 2 is 2.12 bits per heavy atom. The number of ether oxygens (including phenoxy) is 1. The number of rotatable bonds is 5. The highest BCUT2D eigenvalue weighted by Gasteiger charge is 2.44. The fourth-order valence-electron chi connectivity index (χ4n) is 3.02. The van der Waals surface area contributed by atoms with Crippen molar-refractivity contribution in [2.75, 3.05) is 13.1 Å². The Morgan fingerprint density at radius 3 is 2.71 bits per heavy atom. The third-order valence-electron chi connectivity index (χ3n) is 4.46. The van der Waals surface area contributed by atoms with Gasteiger partial charge in [-0.25, -0.2) is 9.78 Å². The number of H-pyrrole nitrogens is 1. The summed E-state index contributed by atoms with van der Waals surface area (Å²) in [7, 11) is 0. The van der Waals surface area contributed by atoms with E-state index < -0.39 is 11.6 Å². The van der Waals surface area contributed by atoms with Gasteiger partial charge in [0.1, 0.15) is 11.6 Å². The van der Waals surface area contributed by atoms with Crippen LogP contribution in [0.5, 0.6) is 5.75 Å². The van der Waals surface area contributed by atoms with Gasteiger partial charge in [-0.1, -0.05) is 0 Å². The molecule has 128 valence electrons. The normalized spacial score (nSPS) is 17.6. The van der Waals surface area contributed by atoms with Gasteiger partial charge >= 0.3 is 5.97 Å². The number of carboxylic acids is 1. The highest BCUT2D eigenvalue weighted by atomic mass is 16.5.